The van der Waals surface area contributed by atoms with Gasteiger partial charge in [0, 0.05) is 11.6 Å². The molecule has 0 aliphatic heterocycles. The molecule has 0 aromatic carbocycles. The summed E-state index contributed by atoms with van der Waals surface area (Å²) in [5, 5.41) is 3.62. The van der Waals surface area contributed by atoms with Gasteiger partial charge in [-0.3, -0.25) is 0 Å². The maximum atomic E-state index is 5.44. The van der Waals surface area contributed by atoms with Crippen molar-refractivity contribution in [2.24, 2.45) is 29.5 Å². The summed E-state index contributed by atoms with van der Waals surface area (Å²) in [6.07, 6.45) is 5.94. The summed E-state index contributed by atoms with van der Waals surface area (Å²) < 4.78 is 0. The molecule has 4 rings (SSSR count). The minimum absolute atomic E-state index is 0.649. The lowest BCUT2D eigenvalue weighted by Crippen LogP contribution is -2.17. The highest BCUT2D eigenvalue weighted by Crippen LogP contribution is 2.66. The van der Waals surface area contributed by atoms with E-state index in [1.54, 1.807) is 6.33 Å². The van der Waals surface area contributed by atoms with E-state index in [2.05, 4.69) is 20.7 Å². The van der Waals surface area contributed by atoms with E-state index in [1.807, 2.05) is 6.92 Å². The topological polar surface area (TPSA) is 75.9 Å². The molecule has 96 valence electrons. The highest BCUT2D eigenvalue weighted by Gasteiger charge is 2.65. The first-order valence-electron chi connectivity index (χ1n) is 6.84. The fourth-order valence-corrected chi connectivity index (χ4v) is 4.42. The smallest absolute Gasteiger partial charge is 0.148 e. The van der Waals surface area contributed by atoms with Crippen molar-refractivity contribution in [1.82, 2.24) is 9.97 Å². The SMILES string of the molecule is Cc1c(NN)ncnc1NC1C2C3CCC(C3)C12. The van der Waals surface area contributed by atoms with Crippen molar-refractivity contribution in [3.63, 3.8) is 0 Å². The number of hydrazine groups is 1. The first-order chi connectivity index (χ1) is 8.79. The Morgan fingerprint density at radius 3 is 2.50 bits per heavy atom. The zero-order valence-electron chi connectivity index (χ0n) is 10.6. The van der Waals surface area contributed by atoms with E-state index in [0.717, 1.165) is 35.1 Å². The molecular weight excluding hydrogens is 226 g/mol. The summed E-state index contributed by atoms with van der Waals surface area (Å²) in [5.41, 5.74) is 3.63. The van der Waals surface area contributed by atoms with Gasteiger partial charge < -0.3 is 10.7 Å². The number of rotatable bonds is 3. The van der Waals surface area contributed by atoms with Gasteiger partial charge >= 0.3 is 0 Å². The van der Waals surface area contributed by atoms with Crippen LogP contribution in [0.1, 0.15) is 24.8 Å². The molecular formula is C13H19N5. The Labute approximate surface area is 107 Å². The van der Waals surface area contributed by atoms with Gasteiger partial charge in [-0.1, -0.05) is 0 Å². The van der Waals surface area contributed by atoms with Gasteiger partial charge in [-0.05, 0) is 49.9 Å². The number of nitrogen functional groups attached to an aromatic ring is 1. The van der Waals surface area contributed by atoms with E-state index in [1.165, 1.54) is 19.3 Å². The van der Waals surface area contributed by atoms with Crippen LogP contribution < -0.4 is 16.6 Å². The first-order valence-corrected chi connectivity index (χ1v) is 6.84. The lowest BCUT2D eigenvalue weighted by molar-refractivity contribution is 0.456. The zero-order valence-corrected chi connectivity index (χ0v) is 10.6. The Hall–Kier alpha value is -1.36. The normalized spacial score (nSPS) is 39.6. The van der Waals surface area contributed by atoms with Crippen LogP contribution in [-0.2, 0) is 0 Å². The van der Waals surface area contributed by atoms with Crippen molar-refractivity contribution in [3.05, 3.63) is 11.9 Å². The summed E-state index contributed by atoms with van der Waals surface area (Å²) in [5.74, 6) is 10.9. The average molecular weight is 245 g/mol. The molecule has 0 amide bonds. The highest BCUT2D eigenvalue weighted by atomic mass is 15.3. The maximum Gasteiger partial charge on any atom is 0.148 e. The molecule has 1 aromatic rings. The quantitative estimate of drug-likeness (QED) is 0.556. The number of aromatic nitrogens is 2. The van der Waals surface area contributed by atoms with Gasteiger partial charge in [0.25, 0.3) is 0 Å². The van der Waals surface area contributed by atoms with Crippen molar-refractivity contribution >= 4 is 11.6 Å². The molecule has 1 aromatic heterocycles. The van der Waals surface area contributed by atoms with Crippen molar-refractivity contribution < 1.29 is 0 Å². The number of hydrogen-bond acceptors (Lipinski definition) is 5. The molecule has 2 bridgehead atoms. The lowest BCUT2D eigenvalue weighted by atomic mass is 10.0. The largest absolute Gasteiger partial charge is 0.366 e. The third kappa shape index (κ3) is 1.31. The number of fused-ring (bicyclic) bond motifs is 5. The second-order valence-corrected chi connectivity index (χ2v) is 6.00. The predicted molar refractivity (Wildman–Crippen MR) is 69.8 cm³/mol. The molecule has 4 atom stereocenters. The van der Waals surface area contributed by atoms with Crippen LogP contribution in [0.3, 0.4) is 0 Å². The van der Waals surface area contributed by atoms with Crippen LogP contribution in [0, 0.1) is 30.6 Å². The number of nitrogens with two attached hydrogens (primary N) is 1. The zero-order chi connectivity index (χ0) is 12.3. The molecule has 5 nitrogen and oxygen atoms in total. The summed E-state index contributed by atoms with van der Waals surface area (Å²) in [6.45, 7) is 2.00. The van der Waals surface area contributed by atoms with Crippen LogP contribution in [0.4, 0.5) is 11.6 Å². The molecule has 3 saturated carbocycles. The summed E-state index contributed by atoms with van der Waals surface area (Å²) in [7, 11) is 0. The maximum absolute atomic E-state index is 5.44. The molecule has 4 N–H and O–H groups in total. The monoisotopic (exact) mass is 245 g/mol. The van der Waals surface area contributed by atoms with Crippen molar-refractivity contribution in [2.45, 2.75) is 32.2 Å². The van der Waals surface area contributed by atoms with Gasteiger partial charge in [-0.2, -0.15) is 0 Å². The van der Waals surface area contributed by atoms with Crippen LogP contribution >= 0.6 is 0 Å². The van der Waals surface area contributed by atoms with E-state index in [0.29, 0.717) is 11.9 Å². The van der Waals surface area contributed by atoms with Crippen molar-refractivity contribution in [1.29, 1.82) is 0 Å². The van der Waals surface area contributed by atoms with Crippen LogP contribution in [0.5, 0.6) is 0 Å². The van der Waals surface area contributed by atoms with E-state index in [9.17, 15) is 0 Å². The second-order valence-electron chi connectivity index (χ2n) is 6.00. The van der Waals surface area contributed by atoms with Gasteiger partial charge in [0.2, 0.25) is 0 Å². The van der Waals surface area contributed by atoms with E-state index in [4.69, 9.17) is 5.84 Å². The standard InChI is InChI=1S/C13H19N5/c1-6-12(15-5-16-13(6)18-14)17-11-9-7-2-3-8(4-7)10(9)11/h5,7-11H,2-4,14H2,1H3,(H2,15,16,17,18). The molecule has 3 aliphatic rings. The second kappa shape index (κ2) is 3.57. The highest BCUT2D eigenvalue weighted by molar-refractivity contribution is 5.57. The Balaban J connectivity index is 1.54. The van der Waals surface area contributed by atoms with E-state index in [-0.39, 0.29) is 0 Å². The fourth-order valence-electron chi connectivity index (χ4n) is 4.42. The number of anilines is 2. The third-order valence-electron chi connectivity index (χ3n) is 5.26. The summed E-state index contributed by atoms with van der Waals surface area (Å²) in [4.78, 5) is 8.46. The van der Waals surface area contributed by atoms with Crippen LogP contribution in [0.25, 0.3) is 0 Å². The van der Waals surface area contributed by atoms with Crippen LogP contribution in [0.15, 0.2) is 6.33 Å². The van der Waals surface area contributed by atoms with Gasteiger partial charge in [-0.25, -0.2) is 15.8 Å². The molecule has 4 unspecified atom stereocenters. The molecule has 0 saturated heterocycles. The lowest BCUT2D eigenvalue weighted by Gasteiger charge is -2.14. The summed E-state index contributed by atoms with van der Waals surface area (Å²) in [6, 6.07) is 0.649. The van der Waals surface area contributed by atoms with Gasteiger partial charge in [0.1, 0.15) is 18.0 Å². The average Bonchev–Trinajstić information content (AvgIpc) is 2.79. The molecule has 18 heavy (non-hydrogen) atoms. The third-order valence-corrected chi connectivity index (χ3v) is 5.26. The van der Waals surface area contributed by atoms with Crippen molar-refractivity contribution in [2.75, 3.05) is 10.7 Å². The van der Waals surface area contributed by atoms with Crippen molar-refractivity contribution in [3.8, 4) is 0 Å². The van der Waals surface area contributed by atoms with E-state index < -0.39 is 0 Å². The molecule has 0 spiro atoms. The van der Waals surface area contributed by atoms with Crippen LogP contribution in [-0.4, -0.2) is 16.0 Å². The Kier molecular flexibility index (Phi) is 2.09. The minimum Gasteiger partial charge on any atom is -0.366 e. The van der Waals surface area contributed by atoms with Gasteiger partial charge in [-0.15, -0.1) is 0 Å². The minimum atomic E-state index is 0.649. The van der Waals surface area contributed by atoms with E-state index >= 15 is 0 Å². The number of nitrogens with zero attached hydrogens (tertiary/aromatic N) is 2. The Morgan fingerprint density at radius 1 is 1.17 bits per heavy atom. The summed E-state index contributed by atoms with van der Waals surface area (Å²) >= 11 is 0. The number of nitrogens with one attached hydrogen (secondary N) is 2. The number of hydrogen-bond donors (Lipinski definition) is 3. The van der Waals surface area contributed by atoms with Gasteiger partial charge in [0.15, 0.2) is 0 Å². The molecule has 0 radical (unpaired) electrons. The predicted octanol–water partition coefficient (Wildman–Crippen LogP) is 1.53. The molecule has 3 aliphatic carbocycles. The fraction of sp³-hybridized carbons (Fsp3) is 0.692. The Bertz CT molecular complexity index is 472. The molecule has 3 fully saturated rings. The van der Waals surface area contributed by atoms with Gasteiger partial charge in [0.05, 0.1) is 0 Å². The Morgan fingerprint density at radius 2 is 1.83 bits per heavy atom. The first kappa shape index (κ1) is 10.6. The van der Waals surface area contributed by atoms with Crippen LogP contribution in [0.2, 0.25) is 0 Å². The molecule has 1 heterocycles. The molecule has 5 heteroatoms.